The van der Waals surface area contributed by atoms with Gasteiger partial charge in [-0.1, -0.05) is 27.7 Å². The molecule has 20 heavy (non-hydrogen) atoms. The summed E-state index contributed by atoms with van der Waals surface area (Å²) in [5.74, 6) is 0. The molecule has 1 rings (SSSR count). The highest BCUT2D eigenvalue weighted by Gasteiger charge is 2.20. The molecule has 0 fully saturated rings. The van der Waals surface area contributed by atoms with Crippen LogP contribution >= 0.6 is 0 Å². The minimum Gasteiger partial charge on any atom is -0.432 e. The lowest BCUT2D eigenvalue weighted by Crippen LogP contribution is -2.37. The first-order chi connectivity index (χ1) is 9.62. The van der Waals surface area contributed by atoms with Gasteiger partial charge in [0.1, 0.15) is 6.26 Å². The summed E-state index contributed by atoms with van der Waals surface area (Å²) < 4.78 is 10.9. The molecule has 1 heterocycles. The third-order valence-electron chi connectivity index (χ3n) is 3.40. The van der Waals surface area contributed by atoms with Crippen LogP contribution in [0.5, 0.6) is 0 Å². The highest BCUT2D eigenvalue weighted by atomic mass is 16.5. The fraction of sp³-hybridized carbons (Fsp3) is 0.800. The van der Waals surface area contributed by atoms with E-state index in [-0.39, 0.29) is 0 Å². The maximum Gasteiger partial charge on any atom is 0.297 e. The van der Waals surface area contributed by atoms with Crippen molar-refractivity contribution in [3.63, 3.8) is 0 Å². The van der Waals surface area contributed by atoms with Crippen LogP contribution in [0.4, 0.5) is 6.01 Å². The van der Waals surface area contributed by atoms with Crippen molar-refractivity contribution < 1.29 is 9.15 Å². The van der Waals surface area contributed by atoms with Crippen molar-refractivity contribution in [2.24, 2.45) is 0 Å². The molecule has 0 aromatic carbocycles. The number of nitrogens with one attached hydrogen (secondary N) is 1. The second kappa shape index (κ2) is 8.97. The van der Waals surface area contributed by atoms with E-state index >= 15 is 0 Å². The van der Waals surface area contributed by atoms with E-state index in [1.54, 1.807) is 13.4 Å². The standard InChI is InChI=1S/C15H29N3O2/c1-6-14(7-2)18(8-9-19-5)15-17-13(11-20-15)10-16-12(3)4/h11-12,14,16H,6-10H2,1-5H3. The molecule has 5 heteroatoms. The maximum absolute atomic E-state index is 5.66. The number of rotatable bonds is 10. The van der Waals surface area contributed by atoms with E-state index < -0.39 is 0 Å². The summed E-state index contributed by atoms with van der Waals surface area (Å²) >= 11 is 0. The topological polar surface area (TPSA) is 50.5 Å². The number of anilines is 1. The van der Waals surface area contributed by atoms with Gasteiger partial charge in [0.15, 0.2) is 0 Å². The zero-order chi connectivity index (χ0) is 15.0. The quantitative estimate of drug-likeness (QED) is 0.715. The molecule has 5 nitrogen and oxygen atoms in total. The van der Waals surface area contributed by atoms with Crippen molar-refractivity contribution in [3.8, 4) is 0 Å². The van der Waals surface area contributed by atoms with Crippen molar-refractivity contribution in [3.05, 3.63) is 12.0 Å². The first kappa shape index (κ1) is 17.0. The summed E-state index contributed by atoms with van der Waals surface area (Å²) in [6, 6.07) is 1.59. The minimum absolute atomic E-state index is 0.440. The van der Waals surface area contributed by atoms with Crippen LogP contribution in [0.15, 0.2) is 10.7 Å². The molecule has 0 aliphatic rings. The Labute approximate surface area is 122 Å². The van der Waals surface area contributed by atoms with Gasteiger partial charge in [0.05, 0.1) is 12.3 Å². The molecule has 0 aliphatic heterocycles. The number of hydrogen-bond acceptors (Lipinski definition) is 5. The predicted octanol–water partition coefficient (Wildman–Crippen LogP) is 2.81. The second-order valence-corrected chi connectivity index (χ2v) is 5.31. The Kier molecular flexibility index (Phi) is 7.62. The van der Waals surface area contributed by atoms with Gasteiger partial charge in [-0.15, -0.1) is 0 Å². The number of hydrogen-bond donors (Lipinski definition) is 1. The number of ether oxygens (including phenoxy) is 1. The van der Waals surface area contributed by atoms with Gasteiger partial charge in [-0.25, -0.2) is 0 Å². The Morgan fingerprint density at radius 3 is 2.60 bits per heavy atom. The molecule has 0 bridgehead atoms. The zero-order valence-electron chi connectivity index (χ0n) is 13.5. The average Bonchev–Trinajstić information content (AvgIpc) is 2.90. The lowest BCUT2D eigenvalue weighted by molar-refractivity contribution is 0.201. The van der Waals surface area contributed by atoms with Gasteiger partial charge in [-0.2, -0.15) is 4.98 Å². The molecule has 0 radical (unpaired) electrons. The Balaban J connectivity index is 2.74. The lowest BCUT2D eigenvalue weighted by Gasteiger charge is -2.28. The van der Waals surface area contributed by atoms with Gasteiger partial charge in [0, 0.05) is 32.3 Å². The van der Waals surface area contributed by atoms with E-state index in [0.717, 1.165) is 31.6 Å². The molecule has 1 aromatic rings. The van der Waals surface area contributed by atoms with Crippen molar-refractivity contribution in [1.29, 1.82) is 0 Å². The van der Waals surface area contributed by atoms with Crippen LogP contribution in [-0.2, 0) is 11.3 Å². The molecule has 0 aliphatic carbocycles. The van der Waals surface area contributed by atoms with Gasteiger partial charge < -0.3 is 19.4 Å². The van der Waals surface area contributed by atoms with Crippen LogP contribution < -0.4 is 10.2 Å². The van der Waals surface area contributed by atoms with E-state index in [2.05, 4.69) is 42.9 Å². The number of nitrogens with zero attached hydrogens (tertiary/aromatic N) is 2. The number of aromatic nitrogens is 1. The molecule has 1 N–H and O–H groups in total. The Hall–Kier alpha value is -1.07. The van der Waals surface area contributed by atoms with Crippen LogP contribution in [0.3, 0.4) is 0 Å². The van der Waals surface area contributed by atoms with Crippen LogP contribution in [0, 0.1) is 0 Å². The zero-order valence-corrected chi connectivity index (χ0v) is 13.5. The van der Waals surface area contributed by atoms with Crippen molar-refractivity contribution >= 4 is 6.01 Å². The molecule has 0 saturated carbocycles. The predicted molar refractivity (Wildman–Crippen MR) is 82.1 cm³/mol. The van der Waals surface area contributed by atoms with Crippen LogP contribution in [-0.4, -0.2) is 37.3 Å². The summed E-state index contributed by atoms with van der Waals surface area (Å²) in [7, 11) is 1.72. The van der Waals surface area contributed by atoms with E-state index in [0.29, 0.717) is 24.7 Å². The van der Waals surface area contributed by atoms with E-state index in [1.165, 1.54) is 0 Å². The molecule has 0 atom stereocenters. The second-order valence-electron chi connectivity index (χ2n) is 5.31. The molecule has 0 saturated heterocycles. The van der Waals surface area contributed by atoms with Crippen LogP contribution in [0.1, 0.15) is 46.2 Å². The molecule has 116 valence electrons. The molecule has 0 amide bonds. The summed E-state index contributed by atoms with van der Waals surface area (Å²) in [6.45, 7) is 10.9. The summed E-state index contributed by atoms with van der Waals surface area (Å²) in [5.41, 5.74) is 0.946. The first-order valence-electron chi connectivity index (χ1n) is 7.55. The Morgan fingerprint density at radius 2 is 2.05 bits per heavy atom. The molecular weight excluding hydrogens is 254 g/mol. The number of methoxy groups -OCH3 is 1. The SMILES string of the molecule is CCC(CC)N(CCOC)c1nc(CNC(C)C)co1. The number of oxazole rings is 1. The van der Waals surface area contributed by atoms with Gasteiger partial charge in [0.2, 0.25) is 0 Å². The van der Waals surface area contributed by atoms with Gasteiger partial charge in [-0.3, -0.25) is 0 Å². The van der Waals surface area contributed by atoms with E-state index in [9.17, 15) is 0 Å². The normalized spacial score (nSPS) is 11.6. The fourth-order valence-electron chi connectivity index (χ4n) is 2.17. The van der Waals surface area contributed by atoms with Gasteiger partial charge >= 0.3 is 0 Å². The van der Waals surface area contributed by atoms with E-state index in [1.807, 2.05) is 0 Å². The van der Waals surface area contributed by atoms with Crippen molar-refractivity contribution in [1.82, 2.24) is 10.3 Å². The van der Waals surface area contributed by atoms with Crippen LogP contribution in [0.2, 0.25) is 0 Å². The molecule has 0 spiro atoms. The minimum atomic E-state index is 0.440. The highest BCUT2D eigenvalue weighted by molar-refractivity contribution is 5.29. The van der Waals surface area contributed by atoms with Gasteiger partial charge in [0.25, 0.3) is 6.01 Å². The first-order valence-corrected chi connectivity index (χ1v) is 7.55. The lowest BCUT2D eigenvalue weighted by atomic mass is 10.1. The summed E-state index contributed by atoms with van der Waals surface area (Å²) in [5, 5.41) is 3.35. The Morgan fingerprint density at radius 1 is 1.35 bits per heavy atom. The monoisotopic (exact) mass is 283 g/mol. The average molecular weight is 283 g/mol. The fourth-order valence-corrected chi connectivity index (χ4v) is 2.17. The van der Waals surface area contributed by atoms with Crippen LogP contribution in [0.25, 0.3) is 0 Å². The van der Waals surface area contributed by atoms with E-state index in [4.69, 9.17) is 9.15 Å². The van der Waals surface area contributed by atoms with Crippen molar-refractivity contribution in [2.45, 2.75) is 59.2 Å². The van der Waals surface area contributed by atoms with Crippen molar-refractivity contribution in [2.75, 3.05) is 25.2 Å². The largest absolute Gasteiger partial charge is 0.432 e. The summed E-state index contributed by atoms with van der Waals surface area (Å²) in [4.78, 5) is 6.80. The third-order valence-corrected chi connectivity index (χ3v) is 3.40. The molecular formula is C15H29N3O2. The maximum atomic E-state index is 5.66. The summed E-state index contributed by atoms with van der Waals surface area (Å²) in [6.07, 6.45) is 3.89. The Bertz CT molecular complexity index is 362. The molecule has 1 aromatic heterocycles. The third kappa shape index (κ3) is 5.13. The highest BCUT2D eigenvalue weighted by Crippen LogP contribution is 2.19. The van der Waals surface area contributed by atoms with Gasteiger partial charge in [-0.05, 0) is 12.8 Å². The molecule has 0 unspecified atom stereocenters. The smallest absolute Gasteiger partial charge is 0.297 e.